The van der Waals surface area contributed by atoms with E-state index in [1.54, 1.807) is 0 Å². The Bertz CT molecular complexity index is 352. The number of nitrogens with one attached hydrogen (secondary N) is 1. The summed E-state index contributed by atoms with van der Waals surface area (Å²) < 4.78 is 5.70. The van der Waals surface area contributed by atoms with Crippen LogP contribution < -0.4 is 5.32 Å². The van der Waals surface area contributed by atoms with Crippen molar-refractivity contribution >= 4 is 11.6 Å². The summed E-state index contributed by atoms with van der Waals surface area (Å²) in [6, 6.07) is 6.23. The van der Waals surface area contributed by atoms with Crippen LogP contribution in [0.5, 0.6) is 0 Å². The number of benzene rings is 1. The molecule has 1 N–H and O–H groups in total. The minimum Gasteiger partial charge on any atom is -0.377 e. The molecule has 0 fully saturated rings. The minimum atomic E-state index is 0.209. The van der Waals surface area contributed by atoms with Crippen LogP contribution >= 0.6 is 11.6 Å². The third-order valence-electron chi connectivity index (χ3n) is 2.73. The summed E-state index contributed by atoms with van der Waals surface area (Å²) in [4.78, 5) is 0. The lowest BCUT2D eigenvalue weighted by Gasteiger charge is -2.22. The molecule has 0 radical (unpaired) electrons. The van der Waals surface area contributed by atoms with Crippen LogP contribution in [0.1, 0.15) is 37.9 Å². The summed E-state index contributed by atoms with van der Waals surface area (Å²) >= 11 is 6.15. The lowest BCUT2D eigenvalue weighted by atomic mass is 10.0. The van der Waals surface area contributed by atoms with Crippen LogP contribution in [-0.4, -0.2) is 19.3 Å². The van der Waals surface area contributed by atoms with Crippen molar-refractivity contribution in [3.63, 3.8) is 0 Å². The van der Waals surface area contributed by atoms with Gasteiger partial charge in [-0.15, -0.1) is 0 Å². The Hall–Kier alpha value is -0.570. The van der Waals surface area contributed by atoms with Crippen molar-refractivity contribution in [1.29, 1.82) is 0 Å². The summed E-state index contributed by atoms with van der Waals surface area (Å²) in [5.41, 5.74) is 2.35. The normalized spacial score (nSPS) is 13.1. The summed E-state index contributed by atoms with van der Waals surface area (Å²) in [5, 5.41) is 4.25. The molecule has 0 amide bonds. The van der Waals surface area contributed by atoms with Crippen molar-refractivity contribution in [3.05, 3.63) is 34.3 Å². The summed E-state index contributed by atoms with van der Waals surface area (Å²) in [7, 11) is 0. The van der Waals surface area contributed by atoms with Crippen LogP contribution in [0.3, 0.4) is 0 Å². The standard InChI is InChI=1S/C14H22ClNO/c1-5-16-14(9-17-10(2)3)12-7-6-8-13(15)11(12)4/h6-8,10,14,16H,5,9H2,1-4H3. The van der Waals surface area contributed by atoms with Crippen molar-refractivity contribution in [3.8, 4) is 0 Å². The third kappa shape index (κ3) is 4.30. The fourth-order valence-corrected chi connectivity index (χ4v) is 1.98. The molecular formula is C14H22ClNO. The highest BCUT2D eigenvalue weighted by atomic mass is 35.5. The molecule has 0 saturated heterocycles. The fourth-order valence-electron chi connectivity index (χ4n) is 1.80. The molecule has 96 valence electrons. The molecule has 1 aromatic carbocycles. The van der Waals surface area contributed by atoms with Gasteiger partial charge in [-0.1, -0.05) is 30.7 Å². The zero-order valence-corrected chi connectivity index (χ0v) is 11.8. The van der Waals surface area contributed by atoms with Crippen molar-refractivity contribution < 1.29 is 4.74 Å². The smallest absolute Gasteiger partial charge is 0.0665 e. The second-order valence-corrected chi connectivity index (χ2v) is 4.85. The van der Waals surface area contributed by atoms with Gasteiger partial charge >= 0.3 is 0 Å². The molecule has 0 saturated carbocycles. The molecule has 1 unspecified atom stereocenters. The first-order valence-electron chi connectivity index (χ1n) is 6.16. The number of hydrogen-bond donors (Lipinski definition) is 1. The molecule has 0 aromatic heterocycles. The molecule has 0 bridgehead atoms. The first-order chi connectivity index (χ1) is 8.06. The highest BCUT2D eigenvalue weighted by Crippen LogP contribution is 2.24. The van der Waals surface area contributed by atoms with Gasteiger partial charge in [0.25, 0.3) is 0 Å². The first kappa shape index (κ1) is 14.5. The molecule has 0 aliphatic rings. The van der Waals surface area contributed by atoms with Gasteiger partial charge in [0.15, 0.2) is 0 Å². The summed E-state index contributed by atoms with van der Waals surface area (Å²) in [6.07, 6.45) is 0.246. The van der Waals surface area contributed by atoms with E-state index in [9.17, 15) is 0 Å². The van der Waals surface area contributed by atoms with E-state index in [0.29, 0.717) is 6.61 Å². The predicted molar refractivity (Wildman–Crippen MR) is 73.7 cm³/mol. The maximum atomic E-state index is 6.15. The van der Waals surface area contributed by atoms with Gasteiger partial charge in [0, 0.05) is 5.02 Å². The van der Waals surface area contributed by atoms with Crippen molar-refractivity contribution in [1.82, 2.24) is 5.32 Å². The van der Waals surface area contributed by atoms with Gasteiger partial charge in [0.05, 0.1) is 18.8 Å². The van der Waals surface area contributed by atoms with Gasteiger partial charge in [-0.3, -0.25) is 0 Å². The monoisotopic (exact) mass is 255 g/mol. The number of likely N-dealkylation sites (N-methyl/N-ethyl adjacent to an activating group) is 1. The molecule has 0 aliphatic carbocycles. The van der Waals surface area contributed by atoms with Gasteiger partial charge in [-0.05, 0) is 44.5 Å². The maximum Gasteiger partial charge on any atom is 0.0665 e. The van der Waals surface area contributed by atoms with E-state index >= 15 is 0 Å². The molecule has 0 aliphatic heterocycles. The van der Waals surface area contributed by atoms with E-state index in [0.717, 1.165) is 17.1 Å². The van der Waals surface area contributed by atoms with Crippen LogP contribution in [-0.2, 0) is 4.74 Å². The second-order valence-electron chi connectivity index (χ2n) is 4.45. The van der Waals surface area contributed by atoms with Crippen LogP contribution in [0.4, 0.5) is 0 Å². The molecule has 1 aromatic rings. The highest BCUT2D eigenvalue weighted by Gasteiger charge is 2.14. The largest absolute Gasteiger partial charge is 0.377 e. The number of rotatable bonds is 6. The van der Waals surface area contributed by atoms with Gasteiger partial charge in [-0.25, -0.2) is 0 Å². The Morgan fingerprint density at radius 3 is 2.65 bits per heavy atom. The van der Waals surface area contributed by atoms with Crippen LogP contribution in [0.15, 0.2) is 18.2 Å². The van der Waals surface area contributed by atoms with Gasteiger partial charge in [0.1, 0.15) is 0 Å². The first-order valence-corrected chi connectivity index (χ1v) is 6.54. The Balaban J connectivity index is 2.85. The van der Waals surface area contributed by atoms with Crippen molar-refractivity contribution in [2.75, 3.05) is 13.2 Å². The van der Waals surface area contributed by atoms with E-state index in [-0.39, 0.29) is 12.1 Å². The summed E-state index contributed by atoms with van der Waals surface area (Å²) in [6.45, 7) is 9.84. The van der Waals surface area contributed by atoms with Gasteiger partial charge in [0.2, 0.25) is 0 Å². The van der Waals surface area contributed by atoms with E-state index < -0.39 is 0 Å². The Morgan fingerprint density at radius 2 is 2.06 bits per heavy atom. The average Bonchev–Trinajstić information content (AvgIpc) is 2.28. The lowest BCUT2D eigenvalue weighted by Crippen LogP contribution is -2.27. The Kier molecular flexibility index (Phi) is 5.96. The zero-order chi connectivity index (χ0) is 12.8. The Labute approximate surface area is 109 Å². The van der Waals surface area contributed by atoms with Gasteiger partial charge < -0.3 is 10.1 Å². The molecule has 1 atom stereocenters. The maximum absolute atomic E-state index is 6.15. The Morgan fingerprint density at radius 1 is 1.35 bits per heavy atom. The third-order valence-corrected chi connectivity index (χ3v) is 3.14. The van der Waals surface area contributed by atoms with E-state index in [2.05, 4.69) is 25.2 Å². The molecule has 2 nitrogen and oxygen atoms in total. The number of hydrogen-bond acceptors (Lipinski definition) is 2. The summed E-state index contributed by atoms with van der Waals surface area (Å²) in [5.74, 6) is 0. The van der Waals surface area contributed by atoms with Crippen molar-refractivity contribution in [2.45, 2.75) is 39.8 Å². The van der Waals surface area contributed by atoms with Crippen LogP contribution in [0.2, 0.25) is 5.02 Å². The van der Waals surface area contributed by atoms with Gasteiger partial charge in [-0.2, -0.15) is 0 Å². The second kappa shape index (κ2) is 7.00. The average molecular weight is 256 g/mol. The highest BCUT2D eigenvalue weighted by molar-refractivity contribution is 6.31. The quantitative estimate of drug-likeness (QED) is 0.837. The molecule has 0 heterocycles. The molecule has 1 rings (SSSR count). The van der Waals surface area contributed by atoms with Crippen LogP contribution in [0, 0.1) is 6.92 Å². The van der Waals surface area contributed by atoms with Crippen molar-refractivity contribution in [2.24, 2.45) is 0 Å². The number of ether oxygens (including phenoxy) is 1. The molecule has 3 heteroatoms. The van der Waals surface area contributed by atoms with Crippen LogP contribution in [0.25, 0.3) is 0 Å². The molecule has 0 spiro atoms. The SMILES string of the molecule is CCNC(COC(C)C)c1cccc(Cl)c1C. The van der Waals surface area contributed by atoms with E-state index in [1.165, 1.54) is 5.56 Å². The van der Waals surface area contributed by atoms with E-state index in [4.69, 9.17) is 16.3 Å². The lowest BCUT2D eigenvalue weighted by molar-refractivity contribution is 0.0613. The predicted octanol–water partition coefficient (Wildman–Crippen LogP) is 3.72. The fraction of sp³-hybridized carbons (Fsp3) is 0.571. The minimum absolute atomic E-state index is 0.209. The zero-order valence-electron chi connectivity index (χ0n) is 11.1. The molecule has 17 heavy (non-hydrogen) atoms. The number of halogens is 1. The molecular weight excluding hydrogens is 234 g/mol. The topological polar surface area (TPSA) is 21.3 Å². The van der Waals surface area contributed by atoms with E-state index in [1.807, 2.05) is 26.0 Å².